The molecule has 0 spiro atoms. The van der Waals surface area contributed by atoms with Gasteiger partial charge in [0.15, 0.2) is 6.20 Å². The SMILES string of the molecule is CC(O)CCN(CCC(C)O)c1ccc2cc(/C=C/c3cc[n+](CCCS(=O)(=O)O)c4ccccc34)c3ccccc3c2c1. The summed E-state index contributed by atoms with van der Waals surface area (Å²) in [6, 6.07) is 27.2. The quantitative estimate of drug-likeness (QED) is 0.0827. The number of aliphatic hydroxyl groups is 2. The number of anilines is 1. The van der Waals surface area contributed by atoms with Gasteiger partial charge in [-0.15, -0.1) is 0 Å². The minimum absolute atomic E-state index is 0.270. The zero-order valence-electron chi connectivity index (χ0n) is 25.3. The molecular formula is C36H41N2O5S+. The Morgan fingerprint density at radius 3 is 2.09 bits per heavy atom. The summed E-state index contributed by atoms with van der Waals surface area (Å²) < 4.78 is 33.5. The Kier molecular flexibility index (Phi) is 9.96. The average Bonchev–Trinajstić information content (AvgIpc) is 2.99. The normalized spacial score (nSPS) is 13.7. The molecule has 5 rings (SSSR count). The third-order valence-corrected chi connectivity index (χ3v) is 8.88. The van der Waals surface area contributed by atoms with Crippen molar-refractivity contribution in [2.75, 3.05) is 23.7 Å². The molecule has 0 fully saturated rings. The van der Waals surface area contributed by atoms with Gasteiger partial charge >= 0.3 is 0 Å². The zero-order chi connectivity index (χ0) is 31.3. The Balaban J connectivity index is 1.50. The fourth-order valence-electron chi connectivity index (χ4n) is 5.75. The van der Waals surface area contributed by atoms with Gasteiger partial charge in [0.25, 0.3) is 10.1 Å². The third kappa shape index (κ3) is 7.81. The van der Waals surface area contributed by atoms with Gasteiger partial charge in [0.1, 0.15) is 6.54 Å². The molecule has 4 aromatic carbocycles. The number of benzene rings is 4. The molecule has 0 saturated carbocycles. The van der Waals surface area contributed by atoms with E-state index in [1.54, 1.807) is 13.8 Å². The number of nitrogens with zero attached hydrogens (tertiary/aromatic N) is 2. The molecule has 0 amide bonds. The second kappa shape index (κ2) is 13.9. The molecule has 0 aliphatic heterocycles. The van der Waals surface area contributed by atoms with Crippen LogP contribution >= 0.6 is 0 Å². The van der Waals surface area contributed by atoms with Gasteiger partial charge in [0.05, 0.1) is 23.3 Å². The van der Waals surface area contributed by atoms with Crippen LogP contribution in [0.2, 0.25) is 0 Å². The highest BCUT2D eigenvalue weighted by Gasteiger charge is 2.15. The maximum absolute atomic E-state index is 11.2. The molecule has 230 valence electrons. The molecule has 0 aliphatic rings. The number of hydrogen-bond acceptors (Lipinski definition) is 5. The van der Waals surface area contributed by atoms with E-state index in [-0.39, 0.29) is 5.75 Å². The molecular weight excluding hydrogens is 572 g/mol. The lowest BCUT2D eigenvalue weighted by Gasteiger charge is -2.27. The van der Waals surface area contributed by atoms with E-state index in [4.69, 9.17) is 4.55 Å². The van der Waals surface area contributed by atoms with Gasteiger partial charge in [-0.1, -0.05) is 54.6 Å². The third-order valence-electron chi connectivity index (χ3n) is 8.08. The smallest absolute Gasteiger partial charge is 0.265 e. The Bertz CT molecular complexity index is 1890. The molecule has 3 N–H and O–H groups in total. The molecule has 0 saturated heterocycles. The summed E-state index contributed by atoms with van der Waals surface area (Å²) in [5.41, 5.74) is 4.23. The number of fused-ring (bicyclic) bond motifs is 4. The van der Waals surface area contributed by atoms with E-state index in [0.717, 1.165) is 49.3 Å². The van der Waals surface area contributed by atoms with Gasteiger partial charge in [0, 0.05) is 37.3 Å². The number of aryl methyl sites for hydroxylation is 1. The summed E-state index contributed by atoms with van der Waals surface area (Å²) in [6.07, 6.45) is 7.09. The van der Waals surface area contributed by atoms with Crippen LogP contribution in [-0.2, 0) is 16.7 Å². The van der Waals surface area contributed by atoms with Gasteiger partial charge in [-0.05, 0) is 83.6 Å². The highest BCUT2D eigenvalue weighted by molar-refractivity contribution is 7.85. The lowest BCUT2D eigenvalue weighted by molar-refractivity contribution is -0.671. The van der Waals surface area contributed by atoms with Crippen molar-refractivity contribution in [3.63, 3.8) is 0 Å². The first-order chi connectivity index (χ1) is 21.1. The van der Waals surface area contributed by atoms with Crippen LogP contribution in [-0.4, -0.2) is 54.2 Å². The van der Waals surface area contributed by atoms with E-state index < -0.39 is 22.3 Å². The lowest BCUT2D eigenvalue weighted by Crippen LogP contribution is -2.35. The standard InChI is InChI=1S/C36H40N2O5S/c1-26(39)16-20-37(21-17-27(2)40)31-15-14-30-24-29(32-8-3-4-10-34(32)35(30)25-31)13-12-28-18-22-38(19-7-23-44(41,42)43)36-11-6-5-9-33(28)36/h3-6,8-15,18,22,24-27,39-40H,7,16-17,19-21,23H2,1-2H3/p+1. The van der Waals surface area contributed by atoms with E-state index >= 15 is 0 Å². The first kappa shape index (κ1) is 31.6. The molecule has 8 heteroatoms. The summed E-state index contributed by atoms with van der Waals surface area (Å²) >= 11 is 0. The van der Waals surface area contributed by atoms with Crippen LogP contribution in [0.5, 0.6) is 0 Å². The number of rotatable bonds is 13. The molecule has 5 aromatic rings. The molecule has 1 aromatic heterocycles. The van der Waals surface area contributed by atoms with Crippen molar-refractivity contribution in [2.24, 2.45) is 0 Å². The number of aliphatic hydroxyl groups excluding tert-OH is 2. The molecule has 7 nitrogen and oxygen atoms in total. The average molecular weight is 614 g/mol. The largest absolute Gasteiger partial charge is 0.393 e. The van der Waals surface area contributed by atoms with Gasteiger partial charge in [-0.3, -0.25) is 4.55 Å². The number of hydrogen-bond donors (Lipinski definition) is 3. The molecule has 0 radical (unpaired) electrons. The first-order valence-corrected chi connectivity index (χ1v) is 16.8. The fourth-order valence-corrected chi connectivity index (χ4v) is 6.25. The lowest BCUT2D eigenvalue weighted by atomic mass is 9.95. The fraction of sp³-hybridized carbons (Fsp3) is 0.306. The van der Waals surface area contributed by atoms with E-state index in [0.29, 0.717) is 38.9 Å². The minimum Gasteiger partial charge on any atom is -0.393 e. The van der Waals surface area contributed by atoms with Gasteiger partial charge < -0.3 is 15.1 Å². The highest BCUT2D eigenvalue weighted by atomic mass is 32.2. The Labute approximate surface area is 259 Å². The maximum Gasteiger partial charge on any atom is 0.265 e. The van der Waals surface area contributed by atoms with Crippen LogP contribution in [0.15, 0.2) is 85.1 Å². The molecule has 2 unspecified atom stereocenters. The molecule has 2 atom stereocenters. The maximum atomic E-state index is 11.2. The summed E-state index contributed by atoms with van der Waals surface area (Å²) in [5, 5.41) is 25.5. The summed E-state index contributed by atoms with van der Waals surface area (Å²) in [6.45, 7) is 5.51. The van der Waals surface area contributed by atoms with Gasteiger partial charge in [-0.2, -0.15) is 13.0 Å². The second-order valence-corrected chi connectivity index (χ2v) is 13.2. The van der Waals surface area contributed by atoms with Crippen LogP contribution in [0.3, 0.4) is 0 Å². The zero-order valence-corrected chi connectivity index (χ0v) is 26.1. The van der Waals surface area contributed by atoms with Crippen LogP contribution < -0.4 is 9.47 Å². The predicted molar refractivity (Wildman–Crippen MR) is 180 cm³/mol. The van der Waals surface area contributed by atoms with Crippen LogP contribution in [0, 0.1) is 0 Å². The summed E-state index contributed by atoms with van der Waals surface area (Å²) in [4.78, 5) is 2.25. The molecule has 0 bridgehead atoms. The van der Waals surface area contributed by atoms with Crippen LogP contribution in [0.4, 0.5) is 5.69 Å². The number of para-hydroxylation sites is 1. The monoisotopic (exact) mass is 613 g/mol. The van der Waals surface area contributed by atoms with E-state index in [9.17, 15) is 18.6 Å². The van der Waals surface area contributed by atoms with Crippen molar-refractivity contribution in [2.45, 2.75) is 51.9 Å². The number of pyridine rings is 1. The molecule has 44 heavy (non-hydrogen) atoms. The van der Waals surface area contributed by atoms with Crippen molar-refractivity contribution in [3.05, 3.63) is 96.2 Å². The van der Waals surface area contributed by atoms with E-state index in [1.165, 1.54) is 0 Å². The van der Waals surface area contributed by atoms with E-state index in [1.807, 2.05) is 35.0 Å². The van der Waals surface area contributed by atoms with Gasteiger partial charge in [0.2, 0.25) is 5.52 Å². The minimum atomic E-state index is -3.99. The Morgan fingerprint density at radius 2 is 1.41 bits per heavy atom. The second-order valence-electron chi connectivity index (χ2n) is 11.6. The summed E-state index contributed by atoms with van der Waals surface area (Å²) in [7, 11) is -3.99. The van der Waals surface area contributed by atoms with Crippen molar-refractivity contribution in [3.8, 4) is 0 Å². The number of aromatic nitrogens is 1. The van der Waals surface area contributed by atoms with Crippen LogP contribution in [0.1, 0.15) is 44.2 Å². The topological polar surface area (TPSA) is 102 Å². The van der Waals surface area contributed by atoms with Crippen molar-refractivity contribution in [1.29, 1.82) is 0 Å². The Hall–Kier alpha value is -3.82. The highest BCUT2D eigenvalue weighted by Crippen LogP contribution is 2.33. The Morgan fingerprint density at radius 1 is 0.773 bits per heavy atom. The summed E-state index contributed by atoms with van der Waals surface area (Å²) in [5.74, 6) is -0.270. The first-order valence-electron chi connectivity index (χ1n) is 15.2. The molecule has 0 aliphatic carbocycles. The predicted octanol–water partition coefficient (Wildman–Crippen LogP) is 6.23. The van der Waals surface area contributed by atoms with Crippen molar-refractivity contribution < 1.29 is 27.8 Å². The molecule has 1 heterocycles. The van der Waals surface area contributed by atoms with E-state index in [2.05, 4.69) is 71.6 Å². The van der Waals surface area contributed by atoms with Crippen molar-refractivity contribution in [1.82, 2.24) is 0 Å². The van der Waals surface area contributed by atoms with Crippen LogP contribution in [0.25, 0.3) is 44.6 Å². The van der Waals surface area contributed by atoms with Crippen molar-refractivity contribution >= 4 is 60.4 Å². The van der Waals surface area contributed by atoms with Gasteiger partial charge in [-0.25, -0.2) is 0 Å².